The normalized spacial score (nSPS) is 9.31. The van der Waals surface area contributed by atoms with Crippen molar-refractivity contribution >= 4 is 29.5 Å². The first-order chi connectivity index (χ1) is 7.65. The minimum absolute atomic E-state index is 0.127. The maximum atomic E-state index is 11.6. The lowest BCUT2D eigenvalue weighted by molar-refractivity contribution is 0.0551. The molecule has 5 heteroatoms. The second-order valence-corrected chi connectivity index (χ2v) is 3.27. The summed E-state index contributed by atoms with van der Waals surface area (Å²) in [5.74, 6) is -0.516. The number of para-hydroxylation sites is 1. The molecule has 0 unspecified atom stereocenters. The van der Waals surface area contributed by atoms with Crippen LogP contribution in [0.15, 0.2) is 36.9 Å². The zero-order chi connectivity index (χ0) is 12.0. The summed E-state index contributed by atoms with van der Waals surface area (Å²) in [7, 11) is 0. The van der Waals surface area contributed by atoms with Crippen LogP contribution in [0.2, 0.25) is 0 Å². The van der Waals surface area contributed by atoms with E-state index in [9.17, 15) is 9.59 Å². The summed E-state index contributed by atoms with van der Waals surface area (Å²) in [6, 6.07) is 6.53. The summed E-state index contributed by atoms with van der Waals surface area (Å²) in [6.45, 7) is 3.56. The van der Waals surface area contributed by atoms with Crippen LogP contribution >= 0.6 is 12.6 Å². The molecule has 0 spiro atoms. The van der Waals surface area contributed by atoms with E-state index in [1.54, 1.807) is 24.3 Å². The maximum Gasteiger partial charge on any atom is 0.340 e. The smallest absolute Gasteiger partial charge is 0.340 e. The van der Waals surface area contributed by atoms with Crippen LogP contribution in [0.3, 0.4) is 0 Å². The summed E-state index contributed by atoms with van der Waals surface area (Å²) in [6.07, 6.45) is 1.47. The molecule has 1 amide bonds. The average molecular weight is 237 g/mol. The van der Waals surface area contributed by atoms with Gasteiger partial charge in [0.25, 0.3) is 5.24 Å². The van der Waals surface area contributed by atoms with E-state index >= 15 is 0 Å². The topological polar surface area (TPSA) is 55.4 Å². The molecule has 0 atom stereocenters. The van der Waals surface area contributed by atoms with Crippen LogP contribution in [-0.4, -0.2) is 17.8 Å². The first-order valence-electron chi connectivity index (χ1n) is 4.52. The van der Waals surface area contributed by atoms with Crippen LogP contribution in [-0.2, 0) is 4.74 Å². The Morgan fingerprint density at radius 1 is 1.44 bits per heavy atom. The molecule has 0 radical (unpaired) electrons. The zero-order valence-corrected chi connectivity index (χ0v) is 9.37. The van der Waals surface area contributed by atoms with E-state index in [1.807, 2.05) is 0 Å². The van der Waals surface area contributed by atoms with Gasteiger partial charge in [-0.1, -0.05) is 37.4 Å². The van der Waals surface area contributed by atoms with Crippen molar-refractivity contribution in [3.05, 3.63) is 42.5 Å². The molecular formula is C11H11NO3S. The highest BCUT2D eigenvalue weighted by molar-refractivity contribution is 7.96. The fourth-order valence-corrected chi connectivity index (χ4v) is 1.22. The summed E-state index contributed by atoms with van der Waals surface area (Å²) in [4.78, 5) is 22.3. The predicted octanol–water partition coefficient (Wildman–Crippen LogP) is 2.49. The van der Waals surface area contributed by atoms with E-state index in [0.717, 1.165) is 0 Å². The van der Waals surface area contributed by atoms with E-state index < -0.39 is 11.2 Å². The second kappa shape index (κ2) is 5.97. The number of amides is 1. The van der Waals surface area contributed by atoms with Gasteiger partial charge in [-0.05, 0) is 12.1 Å². The number of carbonyl (C=O) groups excluding carboxylic acids is 2. The molecule has 0 saturated carbocycles. The van der Waals surface area contributed by atoms with Crippen molar-refractivity contribution in [1.82, 2.24) is 0 Å². The highest BCUT2D eigenvalue weighted by atomic mass is 32.1. The molecule has 84 valence electrons. The molecule has 0 saturated heterocycles. The van der Waals surface area contributed by atoms with Crippen molar-refractivity contribution in [2.75, 3.05) is 11.9 Å². The van der Waals surface area contributed by atoms with E-state index in [0.29, 0.717) is 5.69 Å². The molecule has 1 rings (SSSR count). The maximum absolute atomic E-state index is 11.6. The third-order valence-electron chi connectivity index (χ3n) is 1.72. The van der Waals surface area contributed by atoms with Crippen LogP contribution in [0.1, 0.15) is 10.4 Å². The van der Waals surface area contributed by atoms with Crippen LogP contribution < -0.4 is 5.32 Å². The summed E-state index contributed by atoms with van der Waals surface area (Å²) >= 11 is 3.58. The summed E-state index contributed by atoms with van der Waals surface area (Å²) in [5, 5.41) is 1.89. The Labute approximate surface area is 98.7 Å². The monoisotopic (exact) mass is 237 g/mol. The predicted molar refractivity (Wildman–Crippen MR) is 64.9 cm³/mol. The van der Waals surface area contributed by atoms with Gasteiger partial charge < -0.3 is 10.1 Å². The zero-order valence-electron chi connectivity index (χ0n) is 8.47. The molecule has 1 aromatic carbocycles. The number of esters is 1. The Kier molecular flexibility index (Phi) is 4.60. The van der Waals surface area contributed by atoms with Gasteiger partial charge in [0.05, 0.1) is 11.3 Å². The standard InChI is InChI=1S/C11H11NO3S/c1-2-7-15-10(13)8-5-3-4-6-9(8)12-11(14)16/h2-6H,1,7H2,(H2,12,14,16). The first kappa shape index (κ1) is 12.3. The van der Waals surface area contributed by atoms with Crippen molar-refractivity contribution in [2.45, 2.75) is 0 Å². The van der Waals surface area contributed by atoms with Crippen LogP contribution in [0.5, 0.6) is 0 Å². The highest BCUT2D eigenvalue weighted by Gasteiger charge is 2.12. The summed E-state index contributed by atoms with van der Waals surface area (Å²) < 4.78 is 4.87. The van der Waals surface area contributed by atoms with E-state index in [4.69, 9.17) is 4.74 Å². The molecule has 0 aliphatic rings. The number of rotatable bonds is 4. The first-order valence-corrected chi connectivity index (χ1v) is 4.97. The number of hydrogen-bond acceptors (Lipinski definition) is 3. The SMILES string of the molecule is C=CCOC(=O)c1ccccc1NC(=O)S. The van der Waals surface area contributed by atoms with Crippen molar-refractivity contribution < 1.29 is 14.3 Å². The Morgan fingerprint density at radius 3 is 2.75 bits per heavy atom. The molecule has 0 bridgehead atoms. The molecule has 0 aliphatic heterocycles. The number of ether oxygens (including phenoxy) is 1. The fourth-order valence-electron chi connectivity index (χ4n) is 1.10. The van der Waals surface area contributed by atoms with Gasteiger partial charge >= 0.3 is 5.97 Å². The lowest BCUT2D eigenvalue weighted by Gasteiger charge is -2.08. The number of hydrogen-bond donors (Lipinski definition) is 2. The lowest BCUT2D eigenvalue weighted by atomic mass is 10.2. The molecule has 0 fully saturated rings. The molecule has 0 aromatic heterocycles. The van der Waals surface area contributed by atoms with E-state index in [-0.39, 0.29) is 12.2 Å². The Bertz CT molecular complexity index is 417. The van der Waals surface area contributed by atoms with Gasteiger partial charge in [-0.25, -0.2) is 4.79 Å². The van der Waals surface area contributed by atoms with E-state index in [2.05, 4.69) is 24.5 Å². The Morgan fingerprint density at radius 2 is 2.12 bits per heavy atom. The molecular weight excluding hydrogens is 226 g/mol. The van der Waals surface area contributed by atoms with Gasteiger partial charge in [0.1, 0.15) is 6.61 Å². The van der Waals surface area contributed by atoms with Gasteiger partial charge in [-0.15, -0.1) is 0 Å². The van der Waals surface area contributed by atoms with Crippen LogP contribution in [0, 0.1) is 0 Å². The number of nitrogens with one attached hydrogen (secondary N) is 1. The Hall–Kier alpha value is -1.75. The minimum Gasteiger partial charge on any atom is -0.458 e. The molecule has 0 heterocycles. The van der Waals surface area contributed by atoms with Gasteiger partial charge in [0, 0.05) is 0 Å². The minimum atomic E-state index is -0.538. The van der Waals surface area contributed by atoms with Crippen molar-refractivity contribution in [3.63, 3.8) is 0 Å². The molecule has 0 aliphatic carbocycles. The second-order valence-electron chi connectivity index (χ2n) is 2.86. The third kappa shape index (κ3) is 3.43. The van der Waals surface area contributed by atoms with Gasteiger partial charge in [-0.2, -0.15) is 0 Å². The van der Waals surface area contributed by atoms with Crippen molar-refractivity contribution in [3.8, 4) is 0 Å². The number of benzene rings is 1. The number of thiol groups is 1. The van der Waals surface area contributed by atoms with Crippen LogP contribution in [0.25, 0.3) is 0 Å². The molecule has 4 nitrogen and oxygen atoms in total. The van der Waals surface area contributed by atoms with Gasteiger partial charge in [-0.3, -0.25) is 4.79 Å². The highest BCUT2D eigenvalue weighted by Crippen LogP contribution is 2.16. The fraction of sp³-hybridized carbons (Fsp3) is 0.0909. The molecule has 1 N–H and O–H groups in total. The molecule has 1 aromatic rings. The lowest BCUT2D eigenvalue weighted by Crippen LogP contribution is -2.11. The Balaban J connectivity index is 2.89. The van der Waals surface area contributed by atoms with Gasteiger partial charge in [0.15, 0.2) is 0 Å². The number of carbonyl (C=O) groups is 2. The van der Waals surface area contributed by atoms with Crippen molar-refractivity contribution in [2.24, 2.45) is 0 Å². The average Bonchev–Trinajstić information content (AvgIpc) is 2.26. The van der Waals surface area contributed by atoms with E-state index in [1.165, 1.54) is 6.08 Å². The third-order valence-corrected chi connectivity index (χ3v) is 1.83. The summed E-state index contributed by atoms with van der Waals surface area (Å²) in [5.41, 5.74) is 0.656. The molecule has 16 heavy (non-hydrogen) atoms. The largest absolute Gasteiger partial charge is 0.458 e. The van der Waals surface area contributed by atoms with Crippen LogP contribution in [0.4, 0.5) is 10.5 Å². The number of anilines is 1. The van der Waals surface area contributed by atoms with Crippen molar-refractivity contribution in [1.29, 1.82) is 0 Å². The van der Waals surface area contributed by atoms with Gasteiger partial charge in [0.2, 0.25) is 0 Å². The quantitative estimate of drug-likeness (QED) is 0.480.